The number of aryl methyl sites for hydroxylation is 1. The highest BCUT2D eigenvalue weighted by molar-refractivity contribution is 6.07. The fourth-order valence-corrected chi connectivity index (χ4v) is 4.32. The molecular formula is C25H24N4O2. The van der Waals surface area contributed by atoms with E-state index < -0.39 is 0 Å². The molecule has 1 amide bonds. The topological polar surface area (TPSA) is 69.0 Å². The van der Waals surface area contributed by atoms with E-state index in [0.29, 0.717) is 11.4 Å². The molecule has 2 aromatic heterocycles. The third kappa shape index (κ3) is 3.24. The van der Waals surface area contributed by atoms with Gasteiger partial charge in [-0.2, -0.15) is 0 Å². The third-order valence-electron chi connectivity index (χ3n) is 6.28. The van der Waals surface area contributed by atoms with Gasteiger partial charge in [0.25, 0.3) is 5.91 Å². The summed E-state index contributed by atoms with van der Waals surface area (Å²) in [5, 5.41) is 4.08. The fraction of sp³-hybridized carbons (Fsp3) is 0.240. The lowest BCUT2D eigenvalue weighted by Gasteiger charge is -2.17. The molecule has 0 spiro atoms. The molecule has 2 atom stereocenters. The average Bonchev–Trinajstić information content (AvgIpc) is 3.23. The molecule has 156 valence electrons. The van der Waals surface area contributed by atoms with Crippen LogP contribution in [0.4, 0.5) is 0 Å². The molecule has 0 saturated heterocycles. The van der Waals surface area contributed by atoms with E-state index in [4.69, 9.17) is 9.72 Å². The molecule has 2 aromatic carbocycles. The Morgan fingerprint density at radius 3 is 2.74 bits per heavy atom. The van der Waals surface area contributed by atoms with E-state index >= 15 is 0 Å². The molecule has 0 aliphatic heterocycles. The van der Waals surface area contributed by atoms with Crippen molar-refractivity contribution in [1.29, 1.82) is 0 Å². The Kier molecular flexibility index (Phi) is 4.50. The van der Waals surface area contributed by atoms with Gasteiger partial charge in [-0.3, -0.25) is 9.36 Å². The number of hydrogen-bond acceptors (Lipinski definition) is 4. The molecule has 5 rings (SSSR count). The molecule has 4 aromatic rings. The molecule has 2 heterocycles. The SMILES string of the molecule is COc1ccccc1C1(C)CC1NC(=O)c1cc(-n2ccnc2C)nc2ccccc12. The van der Waals surface area contributed by atoms with Gasteiger partial charge in [0.05, 0.1) is 18.2 Å². The van der Waals surface area contributed by atoms with E-state index in [1.165, 1.54) is 0 Å². The van der Waals surface area contributed by atoms with Crippen molar-refractivity contribution in [3.8, 4) is 11.6 Å². The predicted octanol–water partition coefficient (Wildman–Crippen LogP) is 4.20. The van der Waals surface area contributed by atoms with E-state index in [2.05, 4.69) is 23.3 Å². The first-order valence-electron chi connectivity index (χ1n) is 10.4. The van der Waals surface area contributed by atoms with Gasteiger partial charge in [0.1, 0.15) is 17.4 Å². The number of aromatic nitrogens is 3. The van der Waals surface area contributed by atoms with Gasteiger partial charge in [-0.15, -0.1) is 0 Å². The number of rotatable bonds is 5. The Labute approximate surface area is 180 Å². The van der Waals surface area contributed by atoms with Crippen molar-refractivity contribution in [2.45, 2.75) is 31.7 Å². The van der Waals surface area contributed by atoms with Crippen LogP contribution >= 0.6 is 0 Å². The van der Waals surface area contributed by atoms with Crippen molar-refractivity contribution in [2.24, 2.45) is 0 Å². The number of para-hydroxylation sites is 2. The summed E-state index contributed by atoms with van der Waals surface area (Å²) in [7, 11) is 1.68. The van der Waals surface area contributed by atoms with Crippen LogP contribution in [0.15, 0.2) is 67.0 Å². The molecule has 6 nitrogen and oxygen atoms in total. The Balaban J connectivity index is 1.49. The number of hydrogen-bond donors (Lipinski definition) is 1. The summed E-state index contributed by atoms with van der Waals surface area (Å²) in [6.45, 7) is 4.08. The highest BCUT2D eigenvalue weighted by Crippen LogP contribution is 2.51. The summed E-state index contributed by atoms with van der Waals surface area (Å²) in [6.07, 6.45) is 4.46. The summed E-state index contributed by atoms with van der Waals surface area (Å²) in [5.74, 6) is 2.26. The van der Waals surface area contributed by atoms with E-state index in [-0.39, 0.29) is 17.4 Å². The van der Waals surface area contributed by atoms with Crippen LogP contribution in [0.2, 0.25) is 0 Å². The van der Waals surface area contributed by atoms with Gasteiger partial charge in [-0.25, -0.2) is 9.97 Å². The quantitative estimate of drug-likeness (QED) is 0.533. The van der Waals surface area contributed by atoms with Gasteiger partial charge in [0, 0.05) is 34.8 Å². The second kappa shape index (κ2) is 7.23. The highest BCUT2D eigenvalue weighted by atomic mass is 16.5. The zero-order valence-corrected chi connectivity index (χ0v) is 17.8. The smallest absolute Gasteiger partial charge is 0.252 e. The first-order valence-corrected chi connectivity index (χ1v) is 10.4. The second-order valence-electron chi connectivity index (χ2n) is 8.24. The number of nitrogens with zero attached hydrogens (tertiary/aromatic N) is 3. The molecule has 1 aliphatic rings. The van der Waals surface area contributed by atoms with Crippen molar-refractivity contribution in [1.82, 2.24) is 19.9 Å². The molecule has 6 heteroatoms. The van der Waals surface area contributed by atoms with Crippen molar-refractivity contribution >= 4 is 16.8 Å². The number of nitrogens with one attached hydrogen (secondary N) is 1. The first kappa shape index (κ1) is 19.3. The van der Waals surface area contributed by atoms with Crippen LogP contribution in [0.5, 0.6) is 5.75 Å². The summed E-state index contributed by atoms with van der Waals surface area (Å²) < 4.78 is 7.43. The predicted molar refractivity (Wildman–Crippen MR) is 120 cm³/mol. The van der Waals surface area contributed by atoms with E-state index in [9.17, 15) is 4.79 Å². The maximum absolute atomic E-state index is 13.4. The van der Waals surface area contributed by atoms with Crippen LogP contribution in [-0.2, 0) is 5.41 Å². The number of methoxy groups -OCH3 is 1. The Bertz CT molecular complexity index is 1300. The number of amides is 1. The third-order valence-corrected chi connectivity index (χ3v) is 6.28. The number of carbonyl (C=O) groups is 1. The Morgan fingerprint density at radius 1 is 1.19 bits per heavy atom. The van der Waals surface area contributed by atoms with Crippen LogP contribution in [0.25, 0.3) is 16.7 Å². The summed E-state index contributed by atoms with van der Waals surface area (Å²) in [5.41, 5.74) is 2.37. The van der Waals surface area contributed by atoms with E-state index in [1.807, 2.05) is 66.2 Å². The molecule has 0 radical (unpaired) electrons. The van der Waals surface area contributed by atoms with Gasteiger partial charge in [-0.05, 0) is 31.5 Å². The maximum Gasteiger partial charge on any atom is 0.252 e. The Morgan fingerprint density at radius 2 is 1.97 bits per heavy atom. The lowest BCUT2D eigenvalue weighted by molar-refractivity contribution is 0.0949. The van der Waals surface area contributed by atoms with Gasteiger partial charge in [0.15, 0.2) is 0 Å². The molecular weight excluding hydrogens is 388 g/mol. The molecule has 2 unspecified atom stereocenters. The zero-order chi connectivity index (χ0) is 21.6. The minimum atomic E-state index is -0.144. The molecule has 1 aliphatic carbocycles. The van der Waals surface area contributed by atoms with Crippen molar-refractivity contribution in [3.05, 3.63) is 83.9 Å². The summed E-state index contributed by atoms with van der Waals surface area (Å²) in [6, 6.07) is 17.6. The van der Waals surface area contributed by atoms with Crippen LogP contribution in [0.1, 0.15) is 35.1 Å². The van der Waals surface area contributed by atoms with Gasteiger partial charge < -0.3 is 10.1 Å². The zero-order valence-electron chi connectivity index (χ0n) is 17.8. The van der Waals surface area contributed by atoms with Gasteiger partial charge >= 0.3 is 0 Å². The largest absolute Gasteiger partial charge is 0.496 e. The fourth-order valence-electron chi connectivity index (χ4n) is 4.32. The molecule has 0 bridgehead atoms. The number of carbonyl (C=O) groups excluding carboxylic acids is 1. The van der Waals surface area contributed by atoms with Gasteiger partial charge in [-0.1, -0.05) is 43.3 Å². The first-order chi connectivity index (χ1) is 15.0. The van der Waals surface area contributed by atoms with Crippen LogP contribution in [-0.4, -0.2) is 33.6 Å². The number of fused-ring (bicyclic) bond motifs is 1. The maximum atomic E-state index is 13.4. The molecule has 1 fully saturated rings. The Hall–Kier alpha value is -3.67. The van der Waals surface area contributed by atoms with Crippen molar-refractivity contribution < 1.29 is 9.53 Å². The minimum absolute atomic E-state index is 0.0432. The van der Waals surface area contributed by atoms with Crippen LogP contribution in [0.3, 0.4) is 0 Å². The van der Waals surface area contributed by atoms with Crippen LogP contribution < -0.4 is 10.1 Å². The lowest BCUT2D eigenvalue weighted by atomic mass is 9.96. The average molecular weight is 412 g/mol. The number of imidazole rings is 1. The second-order valence-corrected chi connectivity index (χ2v) is 8.24. The van der Waals surface area contributed by atoms with E-state index in [1.54, 1.807) is 13.3 Å². The monoisotopic (exact) mass is 412 g/mol. The minimum Gasteiger partial charge on any atom is -0.496 e. The van der Waals surface area contributed by atoms with Crippen molar-refractivity contribution in [2.75, 3.05) is 7.11 Å². The molecule has 1 N–H and O–H groups in total. The summed E-state index contributed by atoms with van der Waals surface area (Å²) >= 11 is 0. The van der Waals surface area contributed by atoms with E-state index in [0.717, 1.165) is 34.5 Å². The lowest BCUT2D eigenvalue weighted by Crippen LogP contribution is -2.30. The molecule has 1 saturated carbocycles. The number of ether oxygens (including phenoxy) is 1. The number of pyridine rings is 1. The van der Waals surface area contributed by atoms with Crippen molar-refractivity contribution in [3.63, 3.8) is 0 Å². The summed E-state index contributed by atoms with van der Waals surface area (Å²) in [4.78, 5) is 22.4. The normalized spacial score (nSPS) is 19.9. The standard InChI is InChI=1S/C25H24N4O2/c1-16-26-12-13-29(16)23-14-18(17-8-4-6-10-20(17)27-23)24(30)28-22-15-25(22,2)19-9-5-7-11-21(19)31-3/h4-14,22H,15H2,1-3H3,(H,28,30). The van der Waals surface area contributed by atoms with Crippen LogP contribution in [0, 0.1) is 6.92 Å². The molecule has 31 heavy (non-hydrogen) atoms. The number of benzene rings is 2. The highest BCUT2D eigenvalue weighted by Gasteiger charge is 2.53. The van der Waals surface area contributed by atoms with Gasteiger partial charge in [0.2, 0.25) is 0 Å².